The number of aryl methyl sites for hydroxylation is 1. The molecule has 0 unspecified atom stereocenters. The molecule has 15 heavy (non-hydrogen) atoms. The average molecular weight is 209 g/mol. The molecule has 2 rings (SSSR count). The highest BCUT2D eigenvalue weighted by atomic mass is 16.1. The number of hydrogen-bond donors (Lipinski definition) is 0. The summed E-state index contributed by atoms with van der Waals surface area (Å²) >= 11 is 0. The molecule has 0 aliphatic heterocycles. The van der Waals surface area contributed by atoms with Gasteiger partial charge >= 0.3 is 5.69 Å². The van der Waals surface area contributed by atoms with Crippen LogP contribution >= 0.6 is 0 Å². The highest BCUT2D eigenvalue weighted by molar-refractivity contribution is 4.91. The molecular weight excluding hydrogens is 190 g/mol. The first-order valence-electron chi connectivity index (χ1n) is 5.60. The van der Waals surface area contributed by atoms with Crippen LogP contribution in [0.3, 0.4) is 0 Å². The molecule has 4 heteroatoms. The monoisotopic (exact) mass is 209 g/mol. The summed E-state index contributed by atoms with van der Waals surface area (Å²) in [6.07, 6.45) is 7.21. The van der Waals surface area contributed by atoms with E-state index < -0.39 is 0 Å². The van der Waals surface area contributed by atoms with E-state index in [2.05, 4.69) is 19.0 Å². The van der Waals surface area contributed by atoms with Gasteiger partial charge in [-0.3, -0.25) is 9.13 Å². The van der Waals surface area contributed by atoms with Gasteiger partial charge in [0.15, 0.2) is 0 Å². The summed E-state index contributed by atoms with van der Waals surface area (Å²) < 4.78 is 3.69. The Kier molecular flexibility index (Phi) is 2.95. The minimum absolute atomic E-state index is 0.163. The van der Waals surface area contributed by atoms with Crippen molar-refractivity contribution in [1.29, 1.82) is 0 Å². The Labute approximate surface area is 90.1 Å². The molecule has 1 heterocycles. The summed E-state index contributed by atoms with van der Waals surface area (Å²) in [6, 6.07) is 0.493. The molecule has 0 aromatic carbocycles. The third-order valence-corrected chi connectivity index (χ3v) is 2.82. The van der Waals surface area contributed by atoms with Crippen molar-refractivity contribution in [2.45, 2.75) is 31.8 Å². The first-order chi connectivity index (χ1) is 7.18. The summed E-state index contributed by atoms with van der Waals surface area (Å²) in [7, 11) is 4.11. The van der Waals surface area contributed by atoms with Crippen molar-refractivity contribution < 1.29 is 0 Å². The second-order valence-electron chi connectivity index (χ2n) is 4.57. The Morgan fingerprint density at radius 1 is 1.40 bits per heavy atom. The lowest BCUT2D eigenvalue weighted by Crippen LogP contribution is -2.25. The van der Waals surface area contributed by atoms with Crippen molar-refractivity contribution >= 4 is 0 Å². The maximum Gasteiger partial charge on any atom is 0.328 e. The topological polar surface area (TPSA) is 30.2 Å². The van der Waals surface area contributed by atoms with Crippen LogP contribution in [0.15, 0.2) is 17.2 Å². The molecule has 1 aromatic rings. The Bertz CT molecular complexity index is 373. The Balaban J connectivity index is 1.94. The molecule has 1 aliphatic carbocycles. The largest absolute Gasteiger partial charge is 0.328 e. The maximum atomic E-state index is 11.8. The molecular formula is C11H19N3O. The summed E-state index contributed by atoms with van der Waals surface area (Å²) in [5.41, 5.74) is 0.163. The zero-order valence-corrected chi connectivity index (χ0v) is 9.52. The van der Waals surface area contributed by atoms with Crippen LogP contribution < -0.4 is 5.69 Å². The van der Waals surface area contributed by atoms with Gasteiger partial charge in [-0.2, -0.15) is 0 Å². The number of rotatable bonds is 5. The summed E-state index contributed by atoms with van der Waals surface area (Å²) in [6.45, 7) is 1.86. The Hall–Kier alpha value is -1.03. The van der Waals surface area contributed by atoms with Gasteiger partial charge < -0.3 is 4.90 Å². The van der Waals surface area contributed by atoms with Gasteiger partial charge in [-0.05, 0) is 39.9 Å². The minimum Gasteiger partial charge on any atom is -0.309 e. The molecule has 0 bridgehead atoms. The van der Waals surface area contributed by atoms with E-state index in [1.807, 2.05) is 21.5 Å². The molecule has 4 nitrogen and oxygen atoms in total. The smallest absolute Gasteiger partial charge is 0.309 e. The van der Waals surface area contributed by atoms with Crippen molar-refractivity contribution in [2.24, 2.45) is 0 Å². The van der Waals surface area contributed by atoms with Gasteiger partial charge in [0.25, 0.3) is 0 Å². The quantitative estimate of drug-likeness (QED) is 0.722. The molecule has 1 fully saturated rings. The molecule has 0 atom stereocenters. The Morgan fingerprint density at radius 3 is 2.73 bits per heavy atom. The fraction of sp³-hybridized carbons (Fsp3) is 0.727. The SMILES string of the molecule is CN(C)CCCn1ccn(C2CC2)c1=O. The van der Waals surface area contributed by atoms with Crippen molar-refractivity contribution in [2.75, 3.05) is 20.6 Å². The second-order valence-corrected chi connectivity index (χ2v) is 4.57. The van der Waals surface area contributed by atoms with E-state index in [1.165, 1.54) is 12.8 Å². The molecule has 1 aromatic heterocycles. The van der Waals surface area contributed by atoms with Crippen LogP contribution in [0, 0.1) is 0 Å². The fourth-order valence-electron chi connectivity index (χ4n) is 1.79. The summed E-state index contributed by atoms with van der Waals surface area (Å²) in [5.74, 6) is 0. The average Bonchev–Trinajstić information content (AvgIpc) is 2.94. The molecule has 0 N–H and O–H groups in total. The van der Waals surface area contributed by atoms with Crippen molar-refractivity contribution in [1.82, 2.24) is 14.0 Å². The van der Waals surface area contributed by atoms with Crippen LogP contribution in [-0.2, 0) is 6.54 Å². The normalized spacial score (nSPS) is 16.2. The van der Waals surface area contributed by atoms with Crippen LogP contribution in [0.4, 0.5) is 0 Å². The summed E-state index contributed by atoms with van der Waals surface area (Å²) in [4.78, 5) is 14.0. The van der Waals surface area contributed by atoms with Gasteiger partial charge in [0.05, 0.1) is 0 Å². The molecule has 1 saturated carbocycles. The van der Waals surface area contributed by atoms with Gasteiger partial charge in [-0.25, -0.2) is 4.79 Å². The van der Waals surface area contributed by atoms with Gasteiger partial charge in [-0.15, -0.1) is 0 Å². The molecule has 84 valence electrons. The standard InChI is InChI=1S/C11H19N3O/c1-12(2)6-3-7-13-8-9-14(11(13)15)10-4-5-10/h8-10H,3-7H2,1-2H3. The highest BCUT2D eigenvalue weighted by Crippen LogP contribution is 2.33. The van der Waals surface area contributed by atoms with Crippen molar-refractivity contribution in [3.8, 4) is 0 Å². The molecule has 0 saturated heterocycles. The van der Waals surface area contributed by atoms with E-state index >= 15 is 0 Å². The first kappa shape index (κ1) is 10.5. The predicted molar refractivity (Wildman–Crippen MR) is 60.1 cm³/mol. The van der Waals surface area contributed by atoms with Crippen LogP contribution in [-0.4, -0.2) is 34.7 Å². The second kappa shape index (κ2) is 4.23. The van der Waals surface area contributed by atoms with Crippen LogP contribution in [0.5, 0.6) is 0 Å². The molecule has 0 radical (unpaired) electrons. The zero-order valence-electron chi connectivity index (χ0n) is 9.52. The van der Waals surface area contributed by atoms with E-state index in [0.717, 1.165) is 19.5 Å². The fourth-order valence-corrected chi connectivity index (χ4v) is 1.79. The van der Waals surface area contributed by atoms with E-state index in [4.69, 9.17) is 0 Å². The molecule has 0 spiro atoms. The van der Waals surface area contributed by atoms with E-state index in [-0.39, 0.29) is 5.69 Å². The molecule has 0 amide bonds. The van der Waals surface area contributed by atoms with Crippen LogP contribution in [0.2, 0.25) is 0 Å². The lowest BCUT2D eigenvalue weighted by molar-refractivity contribution is 0.384. The van der Waals surface area contributed by atoms with Gasteiger partial charge in [0, 0.05) is 25.0 Å². The van der Waals surface area contributed by atoms with E-state index in [0.29, 0.717) is 6.04 Å². The van der Waals surface area contributed by atoms with E-state index in [9.17, 15) is 4.79 Å². The minimum atomic E-state index is 0.163. The van der Waals surface area contributed by atoms with Crippen LogP contribution in [0.1, 0.15) is 25.3 Å². The van der Waals surface area contributed by atoms with Gasteiger partial charge in [0.2, 0.25) is 0 Å². The maximum absolute atomic E-state index is 11.8. The lowest BCUT2D eigenvalue weighted by atomic mass is 10.4. The van der Waals surface area contributed by atoms with Crippen molar-refractivity contribution in [3.63, 3.8) is 0 Å². The number of nitrogens with zero attached hydrogens (tertiary/aromatic N) is 3. The van der Waals surface area contributed by atoms with E-state index in [1.54, 1.807) is 0 Å². The van der Waals surface area contributed by atoms with Crippen molar-refractivity contribution in [3.05, 3.63) is 22.9 Å². The third-order valence-electron chi connectivity index (χ3n) is 2.82. The predicted octanol–water partition coefficient (Wildman–Crippen LogP) is 0.936. The molecule has 1 aliphatic rings. The zero-order chi connectivity index (χ0) is 10.8. The number of hydrogen-bond acceptors (Lipinski definition) is 2. The third kappa shape index (κ3) is 2.50. The van der Waals surface area contributed by atoms with Crippen LogP contribution in [0.25, 0.3) is 0 Å². The van der Waals surface area contributed by atoms with Gasteiger partial charge in [0.1, 0.15) is 0 Å². The first-order valence-corrected chi connectivity index (χ1v) is 5.60. The highest BCUT2D eigenvalue weighted by Gasteiger charge is 2.25. The number of imidazole rings is 1. The van der Waals surface area contributed by atoms with Gasteiger partial charge in [-0.1, -0.05) is 0 Å². The lowest BCUT2D eigenvalue weighted by Gasteiger charge is -2.08. The number of aromatic nitrogens is 2. The summed E-state index contributed by atoms with van der Waals surface area (Å²) in [5, 5.41) is 0. The Morgan fingerprint density at radius 2 is 2.13 bits per heavy atom.